The Balaban J connectivity index is 2.57. The zero-order valence-electron chi connectivity index (χ0n) is 12.7. The average molecular weight is 327 g/mol. The second-order valence-electron chi connectivity index (χ2n) is 5.45. The number of hydrogen-bond donors (Lipinski definition) is 1. The molecular weight excluding hydrogens is 300 g/mol. The number of rotatable bonds is 8. The lowest BCUT2D eigenvalue weighted by Gasteiger charge is -2.22. The van der Waals surface area contributed by atoms with Crippen LogP contribution in [0.1, 0.15) is 46.0 Å². The lowest BCUT2D eigenvalue weighted by molar-refractivity contribution is 0.594. The van der Waals surface area contributed by atoms with Crippen LogP contribution in [0.25, 0.3) is 0 Å². The van der Waals surface area contributed by atoms with E-state index < -0.39 is 0 Å². The van der Waals surface area contributed by atoms with Gasteiger partial charge in [-0.05, 0) is 31.5 Å². The quantitative estimate of drug-likeness (QED) is 0.653. The molecule has 0 aliphatic heterocycles. The van der Waals surface area contributed by atoms with Crippen LogP contribution in [0.2, 0.25) is 0 Å². The predicted molar refractivity (Wildman–Crippen MR) is 90.3 cm³/mol. The molecule has 108 valence electrons. The highest BCUT2D eigenvalue weighted by molar-refractivity contribution is 9.10. The van der Waals surface area contributed by atoms with Gasteiger partial charge in [-0.15, -0.1) is 0 Å². The topological polar surface area (TPSA) is 15.3 Å². The molecule has 1 aromatic rings. The van der Waals surface area contributed by atoms with E-state index in [1.807, 2.05) is 0 Å². The molecule has 0 amide bonds. The van der Waals surface area contributed by atoms with E-state index in [1.54, 1.807) is 0 Å². The van der Waals surface area contributed by atoms with Crippen molar-refractivity contribution in [2.45, 2.75) is 52.0 Å². The maximum absolute atomic E-state index is 3.64. The Labute approximate surface area is 126 Å². The molecule has 1 rings (SSSR count). The van der Waals surface area contributed by atoms with Crippen LogP contribution in [-0.2, 0) is 0 Å². The molecule has 2 nitrogen and oxygen atoms in total. The van der Waals surface area contributed by atoms with Gasteiger partial charge in [0.2, 0.25) is 0 Å². The molecule has 0 radical (unpaired) electrons. The van der Waals surface area contributed by atoms with Crippen LogP contribution in [0.15, 0.2) is 22.7 Å². The van der Waals surface area contributed by atoms with Crippen LogP contribution < -0.4 is 10.2 Å². The number of anilines is 2. The zero-order valence-corrected chi connectivity index (χ0v) is 14.3. The zero-order chi connectivity index (χ0) is 14.3. The molecule has 1 aromatic carbocycles. The van der Waals surface area contributed by atoms with E-state index in [4.69, 9.17) is 0 Å². The molecule has 1 atom stereocenters. The van der Waals surface area contributed by atoms with Crippen LogP contribution in [0, 0.1) is 0 Å². The number of halogens is 1. The van der Waals surface area contributed by atoms with Gasteiger partial charge in [-0.3, -0.25) is 0 Å². The van der Waals surface area contributed by atoms with Crippen molar-refractivity contribution in [1.82, 2.24) is 0 Å². The van der Waals surface area contributed by atoms with Gasteiger partial charge in [-0.1, -0.05) is 48.5 Å². The molecule has 0 aromatic heterocycles. The summed E-state index contributed by atoms with van der Waals surface area (Å²) in [4.78, 5) is 2.15. The van der Waals surface area contributed by atoms with Crippen molar-refractivity contribution in [1.29, 1.82) is 0 Å². The Morgan fingerprint density at radius 2 is 1.95 bits per heavy atom. The van der Waals surface area contributed by atoms with E-state index >= 15 is 0 Å². The van der Waals surface area contributed by atoms with Gasteiger partial charge in [-0.25, -0.2) is 0 Å². The summed E-state index contributed by atoms with van der Waals surface area (Å²) in [6.07, 6.45) is 6.55. The van der Waals surface area contributed by atoms with Crippen LogP contribution in [-0.4, -0.2) is 20.1 Å². The van der Waals surface area contributed by atoms with Crippen molar-refractivity contribution >= 4 is 27.3 Å². The Bertz CT molecular complexity index is 377. The van der Waals surface area contributed by atoms with Crippen molar-refractivity contribution in [2.24, 2.45) is 0 Å². The summed E-state index contributed by atoms with van der Waals surface area (Å²) in [5, 5.41) is 3.64. The van der Waals surface area contributed by atoms with Crippen LogP contribution in [0.5, 0.6) is 0 Å². The van der Waals surface area contributed by atoms with Gasteiger partial charge in [0.25, 0.3) is 0 Å². The summed E-state index contributed by atoms with van der Waals surface area (Å²) in [5.41, 5.74) is 2.45. The lowest BCUT2D eigenvalue weighted by atomic mass is 10.1. The summed E-state index contributed by atoms with van der Waals surface area (Å²) < 4.78 is 1.12. The van der Waals surface area contributed by atoms with Gasteiger partial charge in [0.15, 0.2) is 0 Å². The van der Waals surface area contributed by atoms with Crippen LogP contribution in [0.4, 0.5) is 11.4 Å². The molecule has 1 unspecified atom stereocenters. The summed E-state index contributed by atoms with van der Waals surface area (Å²) in [6.45, 7) is 4.53. The number of nitrogens with one attached hydrogen (secondary N) is 1. The SMILES string of the molecule is CCCCCCC(C)Nc1cc(Br)ccc1N(C)C. The van der Waals surface area contributed by atoms with Gasteiger partial charge >= 0.3 is 0 Å². The molecular formula is C16H27BrN2. The number of nitrogens with zero attached hydrogens (tertiary/aromatic N) is 1. The fourth-order valence-corrected chi connectivity index (χ4v) is 2.59. The lowest BCUT2D eigenvalue weighted by Crippen LogP contribution is -2.18. The summed E-state index contributed by atoms with van der Waals surface area (Å²) in [5.74, 6) is 0. The first-order valence-electron chi connectivity index (χ1n) is 7.28. The average Bonchev–Trinajstić information content (AvgIpc) is 2.34. The minimum Gasteiger partial charge on any atom is -0.381 e. The Morgan fingerprint density at radius 1 is 1.21 bits per heavy atom. The second-order valence-corrected chi connectivity index (χ2v) is 6.37. The molecule has 0 fully saturated rings. The molecule has 0 saturated heterocycles. The molecule has 0 heterocycles. The second kappa shape index (κ2) is 8.47. The first-order valence-corrected chi connectivity index (χ1v) is 8.07. The van der Waals surface area contributed by atoms with E-state index in [-0.39, 0.29) is 0 Å². The monoisotopic (exact) mass is 326 g/mol. The Hall–Kier alpha value is -0.700. The highest BCUT2D eigenvalue weighted by Gasteiger charge is 2.08. The smallest absolute Gasteiger partial charge is 0.0597 e. The Kier molecular flexibility index (Phi) is 7.29. The minimum absolute atomic E-state index is 0.518. The van der Waals surface area contributed by atoms with Gasteiger partial charge in [0.1, 0.15) is 0 Å². The van der Waals surface area contributed by atoms with Crippen molar-refractivity contribution in [2.75, 3.05) is 24.3 Å². The third kappa shape index (κ3) is 5.85. The standard InChI is InChI=1S/C16H27BrN2/c1-5-6-7-8-9-13(2)18-15-12-14(17)10-11-16(15)19(3)4/h10-13,18H,5-9H2,1-4H3. The minimum atomic E-state index is 0.518. The Morgan fingerprint density at radius 3 is 2.58 bits per heavy atom. The highest BCUT2D eigenvalue weighted by atomic mass is 79.9. The first-order chi connectivity index (χ1) is 9.04. The number of benzene rings is 1. The van der Waals surface area contributed by atoms with E-state index in [1.165, 1.54) is 43.5 Å². The van der Waals surface area contributed by atoms with Crippen molar-refractivity contribution in [3.05, 3.63) is 22.7 Å². The van der Waals surface area contributed by atoms with Crippen molar-refractivity contribution in [3.63, 3.8) is 0 Å². The molecule has 0 aliphatic rings. The van der Waals surface area contributed by atoms with Gasteiger partial charge < -0.3 is 10.2 Å². The van der Waals surface area contributed by atoms with Crippen molar-refractivity contribution < 1.29 is 0 Å². The predicted octanol–water partition coefficient (Wildman–Crippen LogP) is 5.29. The molecule has 3 heteroatoms. The van der Waals surface area contributed by atoms with Crippen LogP contribution in [0.3, 0.4) is 0 Å². The molecule has 0 bridgehead atoms. The molecule has 0 aliphatic carbocycles. The fraction of sp³-hybridized carbons (Fsp3) is 0.625. The summed E-state index contributed by atoms with van der Waals surface area (Å²) in [7, 11) is 4.17. The largest absolute Gasteiger partial charge is 0.381 e. The number of unbranched alkanes of at least 4 members (excludes halogenated alkanes) is 3. The van der Waals surface area contributed by atoms with Crippen molar-refractivity contribution in [3.8, 4) is 0 Å². The van der Waals surface area contributed by atoms with E-state index in [0.29, 0.717) is 6.04 Å². The number of hydrogen-bond acceptors (Lipinski definition) is 2. The molecule has 19 heavy (non-hydrogen) atoms. The van der Waals surface area contributed by atoms with Gasteiger partial charge in [0, 0.05) is 24.6 Å². The third-order valence-electron chi connectivity index (χ3n) is 3.33. The highest BCUT2D eigenvalue weighted by Crippen LogP contribution is 2.29. The van der Waals surface area contributed by atoms with E-state index in [9.17, 15) is 0 Å². The normalized spacial score (nSPS) is 12.3. The maximum atomic E-state index is 3.64. The van der Waals surface area contributed by atoms with E-state index in [2.05, 4.69) is 72.3 Å². The van der Waals surface area contributed by atoms with E-state index in [0.717, 1.165) is 4.47 Å². The fourth-order valence-electron chi connectivity index (χ4n) is 2.23. The van der Waals surface area contributed by atoms with Crippen LogP contribution >= 0.6 is 15.9 Å². The first kappa shape index (κ1) is 16.4. The maximum Gasteiger partial charge on any atom is 0.0597 e. The molecule has 0 spiro atoms. The third-order valence-corrected chi connectivity index (χ3v) is 3.83. The van der Waals surface area contributed by atoms with Gasteiger partial charge in [0.05, 0.1) is 11.4 Å². The summed E-state index contributed by atoms with van der Waals surface area (Å²) in [6, 6.07) is 6.92. The molecule has 1 N–H and O–H groups in total. The molecule has 0 saturated carbocycles. The summed E-state index contributed by atoms with van der Waals surface area (Å²) >= 11 is 3.55. The van der Waals surface area contributed by atoms with Gasteiger partial charge in [-0.2, -0.15) is 0 Å².